The third-order valence-electron chi connectivity index (χ3n) is 4.88. The van der Waals surface area contributed by atoms with Gasteiger partial charge in [0.25, 0.3) is 5.91 Å². The number of rotatable bonds is 3. The maximum Gasteiger partial charge on any atom is 0.291 e. The van der Waals surface area contributed by atoms with Crippen molar-refractivity contribution in [1.82, 2.24) is 24.9 Å². The van der Waals surface area contributed by atoms with Crippen molar-refractivity contribution in [2.75, 3.05) is 0 Å². The molecule has 4 aromatic heterocycles. The molecule has 0 bridgehead atoms. The monoisotopic (exact) mass is 367 g/mol. The molecule has 5 rings (SSSR count). The fourth-order valence-electron chi connectivity index (χ4n) is 3.64. The fourth-order valence-corrected chi connectivity index (χ4v) is 4.94. The van der Waals surface area contributed by atoms with Crippen LogP contribution in [0.1, 0.15) is 52.5 Å². The first kappa shape index (κ1) is 15.5. The van der Waals surface area contributed by atoms with Gasteiger partial charge in [0.2, 0.25) is 5.82 Å². The molecular weight excluding hydrogens is 350 g/mol. The molecule has 0 aromatic carbocycles. The van der Waals surface area contributed by atoms with E-state index in [0.717, 1.165) is 16.6 Å². The Labute approximate surface area is 153 Å². The molecule has 0 fully saturated rings. The van der Waals surface area contributed by atoms with Gasteiger partial charge in [-0.15, -0.1) is 16.4 Å². The van der Waals surface area contributed by atoms with Crippen LogP contribution in [0, 0.1) is 0 Å². The Kier molecular flexibility index (Phi) is 3.53. The van der Waals surface area contributed by atoms with Crippen LogP contribution in [0.5, 0.6) is 0 Å². The SMILES string of the molecule is C[C@H]1CCCc2sc3ncn4nc(C(=O)NCc5ccco5)nc4c3c21. The number of carbonyl (C=O) groups is 1. The Morgan fingerprint density at radius 2 is 2.42 bits per heavy atom. The molecule has 26 heavy (non-hydrogen) atoms. The highest BCUT2D eigenvalue weighted by atomic mass is 32.1. The van der Waals surface area contributed by atoms with Gasteiger partial charge in [0.05, 0.1) is 18.2 Å². The first-order chi connectivity index (χ1) is 12.7. The summed E-state index contributed by atoms with van der Waals surface area (Å²) in [5.74, 6) is 0.991. The maximum absolute atomic E-state index is 12.4. The van der Waals surface area contributed by atoms with Gasteiger partial charge >= 0.3 is 0 Å². The van der Waals surface area contributed by atoms with Crippen molar-refractivity contribution in [3.05, 3.63) is 46.7 Å². The Morgan fingerprint density at radius 1 is 1.50 bits per heavy atom. The minimum absolute atomic E-state index is 0.147. The smallest absolute Gasteiger partial charge is 0.291 e. The van der Waals surface area contributed by atoms with E-state index in [-0.39, 0.29) is 11.7 Å². The first-order valence-corrected chi connectivity index (χ1v) is 9.49. The highest BCUT2D eigenvalue weighted by molar-refractivity contribution is 7.19. The minimum Gasteiger partial charge on any atom is -0.467 e. The number of fused-ring (bicyclic) bond motifs is 5. The standard InChI is InChI=1S/C18H17N5O2S/c1-10-4-2-6-12-13(10)14-16-21-15(22-23(16)9-20-18(14)26-12)17(24)19-8-11-5-3-7-25-11/h3,5,7,9-10H,2,4,6,8H2,1H3,(H,19,24)/t10-/m0/s1. The van der Waals surface area contributed by atoms with Crippen molar-refractivity contribution in [3.63, 3.8) is 0 Å². The predicted octanol–water partition coefficient (Wildman–Crippen LogP) is 3.30. The number of furan rings is 1. The van der Waals surface area contributed by atoms with Gasteiger partial charge in [-0.3, -0.25) is 4.79 Å². The van der Waals surface area contributed by atoms with Crippen LogP contribution in [-0.4, -0.2) is 25.5 Å². The highest BCUT2D eigenvalue weighted by Gasteiger charge is 2.26. The van der Waals surface area contributed by atoms with Crippen LogP contribution in [-0.2, 0) is 13.0 Å². The van der Waals surface area contributed by atoms with Gasteiger partial charge in [-0.2, -0.15) is 0 Å². The molecule has 132 valence electrons. The molecule has 0 unspecified atom stereocenters. The zero-order chi connectivity index (χ0) is 17.7. The number of aryl methyl sites for hydroxylation is 1. The molecule has 8 heteroatoms. The van der Waals surface area contributed by atoms with E-state index in [0.29, 0.717) is 23.9 Å². The largest absolute Gasteiger partial charge is 0.467 e. The van der Waals surface area contributed by atoms with Crippen LogP contribution < -0.4 is 5.32 Å². The van der Waals surface area contributed by atoms with Gasteiger partial charge in [-0.05, 0) is 42.9 Å². The zero-order valence-corrected chi connectivity index (χ0v) is 15.0. The number of thiophene rings is 1. The molecule has 0 spiro atoms. The molecular formula is C18H17N5O2S. The lowest BCUT2D eigenvalue weighted by molar-refractivity contribution is 0.0938. The number of hydrogen-bond acceptors (Lipinski definition) is 6. The van der Waals surface area contributed by atoms with E-state index in [2.05, 4.69) is 27.3 Å². The lowest BCUT2D eigenvalue weighted by Crippen LogP contribution is -2.23. The molecule has 1 amide bonds. The summed E-state index contributed by atoms with van der Waals surface area (Å²) in [6, 6.07) is 3.60. The van der Waals surface area contributed by atoms with Crippen molar-refractivity contribution < 1.29 is 9.21 Å². The third kappa shape index (κ3) is 2.40. The summed E-state index contributed by atoms with van der Waals surface area (Å²) in [7, 11) is 0. The Balaban J connectivity index is 1.55. The highest BCUT2D eigenvalue weighted by Crippen LogP contribution is 2.42. The van der Waals surface area contributed by atoms with E-state index in [1.807, 2.05) is 6.07 Å². The van der Waals surface area contributed by atoms with E-state index in [4.69, 9.17) is 4.42 Å². The quantitative estimate of drug-likeness (QED) is 0.600. The average molecular weight is 367 g/mol. The minimum atomic E-state index is -0.324. The van der Waals surface area contributed by atoms with Crippen molar-refractivity contribution in [3.8, 4) is 0 Å². The molecule has 0 saturated heterocycles. The second kappa shape index (κ2) is 5.91. The van der Waals surface area contributed by atoms with Crippen molar-refractivity contribution >= 4 is 33.1 Å². The number of carbonyl (C=O) groups excluding carboxylic acids is 1. The van der Waals surface area contributed by atoms with Gasteiger partial charge in [-0.25, -0.2) is 14.5 Å². The molecule has 7 nitrogen and oxygen atoms in total. The van der Waals surface area contributed by atoms with Crippen LogP contribution in [0.4, 0.5) is 0 Å². The van der Waals surface area contributed by atoms with Crippen LogP contribution in [0.2, 0.25) is 0 Å². The molecule has 4 aromatic rings. The number of amides is 1. The summed E-state index contributed by atoms with van der Waals surface area (Å²) in [6.45, 7) is 2.56. The lowest BCUT2D eigenvalue weighted by Gasteiger charge is -2.18. The summed E-state index contributed by atoms with van der Waals surface area (Å²) in [5.41, 5.74) is 2.05. The molecule has 1 atom stereocenters. The second-order valence-electron chi connectivity index (χ2n) is 6.62. The van der Waals surface area contributed by atoms with Gasteiger partial charge in [0.1, 0.15) is 16.9 Å². The number of hydrogen-bond donors (Lipinski definition) is 1. The molecule has 1 aliphatic carbocycles. The van der Waals surface area contributed by atoms with Crippen LogP contribution in [0.25, 0.3) is 15.9 Å². The Morgan fingerprint density at radius 3 is 3.27 bits per heavy atom. The summed E-state index contributed by atoms with van der Waals surface area (Å²) in [6.07, 6.45) is 6.70. The lowest BCUT2D eigenvalue weighted by atomic mass is 9.87. The summed E-state index contributed by atoms with van der Waals surface area (Å²) >= 11 is 1.74. The van der Waals surface area contributed by atoms with E-state index in [1.54, 1.807) is 34.5 Å². The van der Waals surface area contributed by atoms with Crippen molar-refractivity contribution in [2.24, 2.45) is 0 Å². The number of nitrogens with one attached hydrogen (secondary N) is 1. The third-order valence-corrected chi connectivity index (χ3v) is 6.06. The fraction of sp³-hybridized carbons (Fsp3) is 0.333. The second-order valence-corrected chi connectivity index (χ2v) is 7.71. The predicted molar refractivity (Wildman–Crippen MR) is 97.4 cm³/mol. The summed E-state index contributed by atoms with van der Waals surface area (Å²) < 4.78 is 6.84. The van der Waals surface area contributed by atoms with E-state index in [9.17, 15) is 4.79 Å². The average Bonchev–Trinajstić information content (AvgIpc) is 3.36. The molecule has 1 N–H and O–H groups in total. The van der Waals surface area contributed by atoms with Crippen LogP contribution in [0.15, 0.2) is 29.1 Å². The van der Waals surface area contributed by atoms with Gasteiger partial charge in [-0.1, -0.05) is 6.92 Å². The summed E-state index contributed by atoms with van der Waals surface area (Å²) in [4.78, 5) is 23.9. The zero-order valence-electron chi connectivity index (χ0n) is 14.2. The normalized spacial score (nSPS) is 16.9. The van der Waals surface area contributed by atoms with E-state index in [1.165, 1.54) is 23.3 Å². The summed E-state index contributed by atoms with van der Waals surface area (Å²) in [5, 5.41) is 8.16. The Bertz CT molecular complexity index is 1110. The van der Waals surface area contributed by atoms with Gasteiger partial charge < -0.3 is 9.73 Å². The van der Waals surface area contributed by atoms with Crippen LogP contribution >= 0.6 is 11.3 Å². The number of nitrogens with zero attached hydrogens (tertiary/aromatic N) is 4. The van der Waals surface area contributed by atoms with Crippen LogP contribution in [0.3, 0.4) is 0 Å². The Hall–Kier alpha value is -2.74. The maximum atomic E-state index is 12.4. The van der Waals surface area contributed by atoms with Gasteiger partial charge in [0.15, 0.2) is 5.65 Å². The first-order valence-electron chi connectivity index (χ1n) is 8.68. The molecule has 0 saturated carbocycles. The van der Waals surface area contributed by atoms with Crippen molar-refractivity contribution in [2.45, 2.75) is 38.6 Å². The molecule has 0 aliphatic heterocycles. The molecule has 0 radical (unpaired) electrons. The van der Waals surface area contributed by atoms with Crippen molar-refractivity contribution in [1.29, 1.82) is 0 Å². The topological polar surface area (TPSA) is 85.3 Å². The molecule has 1 aliphatic rings. The number of aromatic nitrogens is 4. The van der Waals surface area contributed by atoms with Gasteiger partial charge in [0, 0.05) is 4.88 Å². The van der Waals surface area contributed by atoms with E-state index < -0.39 is 0 Å². The van der Waals surface area contributed by atoms with E-state index >= 15 is 0 Å². The molecule has 4 heterocycles.